The molecule has 5 nitrogen and oxygen atoms in total. The van der Waals surface area contributed by atoms with E-state index >= 15 is 0 Å². The van der Waals surface area contributed by atoms with Gasteiger partial charge in [0.15, 0.2) is 0 Å². The molecule has 0 heterocycles. The number of ether oxygens (including phenoxy) is 1. The number of carbonyl (C=O) groups excluding carboxylic acids is 1. The number of hydrogen-bond donors (Lipinski definition) is 1. The standard InChI is InChI=1S/C21H29N3O2/c1-23(2)20-10-6-8-18(12-20)14-24(3)15-21(25)22-13-17-7-5-9-19(11-17)16-26-4/h5-12H,13-16H2,1-4H3,(H,22,25). The molecule has 2 rings (SSSR count). The number of nitrogens with zero attached hydrogens (tertiary/aromatic N) is 2. The molecule has 0 saturated heterocycles. The number of nitrogens with one attached hydrogen (secondary N) is 1. The van der Waals surface area contributed by atoms with E-state index in [1.807, 2.05) is 50.3 Å². The van der Waals surface area contributed by atoms with Crippen molar-refractivity contribution in [2.24, 2.45) is 0 Å². The van der Waals surface area contributed by atoms with E-state index in [1.165, 1.54) is 5.56 Å². The van der Waals surface area contributed by atoms with E-state index < -0.39 is 0 Å². The Hall–Kier alpha value is -2.37. The molecule has 2 aromatic rings. The molecule has 0 aliphatic carbocycles. The minimum Gasteiger partial charge on any atom is -0.380 e. The highest BCUT2D eigenvalue weighted by Gasteiger charge is 2.08. The van der Waals surface area contributed by atoms with Crippen LogP contribution < -0.4 is 10.2 Å². The second kappa shape index (κ2) is 9.94. The molecule has 26 heavy (non-hydrogen) atoms. The van der Waals surface area contributed by atoms with Crippen molar-refractivity contribution >= 4 is 11.6 Å². The number of hydrogen-bond acceptors (Lipinski definition) is 4. The number of amides is 1. The van der Waals surface area contributed by atoms with Gasteiger partial charge in [0.25, 0.3) is 0 Å². The fourth-order valence-electron chi connectivity index (χ4n) is 2.80. The third-order valence-corrected chi connectivity index (χ3v) is 4.09. The summed E-state index contributed by atoms with van der Waals surface area (Å²) in [6.45, 7) is 2.21. The third kappa shape index (κ3) is 6.50. The molecule has 0 aliphatic heterocycles. The smallest absolute Gasteiger partial charge is 0.234 e. The van der Waals surface area contributed by atoms with Gasteiger partial charge in [0.1, 0.15) is 0 Å². The Balaban J connectivity index is 1.82. The largest absolute Gasteiger partial charge is 0.380 e. The summed E-state index contributed by atoms with van der Waals surface area (Å²) >= 11 is 0. The maximum atomic E-state index is 12.2. The number of likely N-dealkylation sites (N-methyl/N-ethyl adjacent to an activating group) is 1. The molecule has 0 saturated carbocycles. The molecular weight excluding hydrogens is 326 g/mol. The molecule has 0 aromatic heterocycles. The molecular formula is C21H29N3O2. The molecule has 0 fully saturated rings. The van der Waals surface area contributed by atoms with Crippen LogP contribution in [0.1, 0.15) is 16.7 Å². The molecule has 1 N–H and O–H groups in total. The van der Waals surface area contributed by atoms with Gasteiger partial charge in [0.2, 0.25) is 5.91 Å². The number of rotatable bonds is 9. The lowest BCUT2D eigenvalue weighted by Gasteiger charge is -2.18. The van der Waals surface area contributed by atoms with Crippen LogP contribution in [-0.2, 0) is 29.2 Å². The number of anilines is 1. The molecule has 2 aromatic carbocycles. The Morgan fingerprint density at radius 2 is 1.69 bits per heavy atom. The summed E-state index contributed by atoms with van der Waals surface area (Å²) in [6, 6.07) is 16.4. The second-order valence-electron chi connectivity index (χ2n) is 6.77. The van der Waals surface area contributed by atoms with Gasteiger partial charge >= 0.3 is 0 Å². The van der Waals surface area contributed by atoms with E-state index in [0.29, 0.717) is 19.7 Å². The van der Waals surface area contributed by atoms with Gasteiger partial charge in [-0.05, 0) is 35.9 Å². The maximum absolute atomic E-state index is 12.2. The van der Waals surface area contributed by atoms with Crippen LogP contribution in [0.4, 0.5) is 5.69 Å². The number of carbonyl (C=O) groups is 1. The van der Waals surface area contributed by atoms with Crippen LogP contribution in [0.3, 0.4) is 0 Å². The molecule has 140 valence electrons. The molecule has 0 bridgehead atoms. The van der Waals surface area contributed by atoms with E-state index in [0.717, 1.165) is 23.4 Å². The summed E-state index contributed by atoms with van der Waals surface area (Å²) in [4.78, 5) is 16.3. The highest BCUT2D eigenvalue weighted by Crippen LogP contribution is 2.14. The first-order valence-electron chi connectivity index (χ1n) is 8.76. The van der Waals surface area contributed by atoms with Crippen molar-refractivity contribution in [3.8, 4) is 0 Å². The topological polar surface area (TPSA) is 44.8 Å². The van der Waals surface area contributed by atoms with Gasteiger partial charge in [0, 0.05) is 40.0 Å². The Labute approximate surface area is 156 Å². The number of benzene rings is 2. The number of methoxy groups -OCH3 is 1. The summed E-state index contributed by atoms with van der Waals surface area (Å²) in [5, 5.41) is 2.98. The summed E-state index contributed by atoms with van der Waals surface area (Å²) in [7, 11) is 7.69. The zero-order valence-electron chi connectivity index (χ0n) is 16.2. The highest BCUT2D eigenvalue weighted by atomic mass is 16.5. The first kappa shape index (κ1) is 19.9. The van der Waals surface area contributed by atoms with E-state index in [-0.39, 0.29) is 5.91 Å². The van der Waals surface area contributed by atoms with Crippen LogP contribution in [0.2, 0.25) is 0 Å². The van der Waals surface area contributed by atoms with Gasteiger partial charge in [-0.2, -0.15) is 0 Å². The Morgan fingerprint density at radius 3 is 2.42 bits per heavy atom. The molecule has 0 unspecified atom stereocenters. The third-order valence-electron chi connectivity index (χ3n) is 4.09. The zero-order valence-corrected chi connectivity index (χ0v) is 16.2. The van der Waals surface area contributed by atoms with Crippen molar-refractivity contribution in [2.45, 2.75) is 19.7 Å². The second-order valence-corrected chi connectivity index (χ2v) is 6.77. The first-order valence-corrected chi connectivity index (χ1v) is 8.76. The minimum atomic E-state index is 0.0217. The molecule has 0 aliphatic rings. The van der Waals surface area contributed by atoms with Crippen LogP contribution in [0.25, 0.3) is 0 Å². The average molecular weight is 355 g/mol. The van der Waals surface area contributed by atoms with Gasteiger partial charge in [-0.3, -0.25) is 9.69 Å². The molecule has 0 spiro atoms. The summed E-state index contributed by atoms with van der Waals surface area (Å²) in [5.74, 6) is 0.0217. The predicted octanol–water partition coefficient (Wildman–Crippen LogP) is 2.65. The van der Waals surface area contributed by atoms with Crippen LogP contribution in [0.5, 0.6) is 0 Å². The van der Waals surface area contributed by atoms with Crippen LogP contribution in [0.15, 0.2) is 48.5 Å². The normalized spacial score (nSPS) is 10.8. The van der Waals surface area contributed by atoms with Gasteiger partial charge < -0.3 is 15.0 Å². The molecule has 5 heteroatoms. The van der Waals surface area contributed by atoms with Gasteiger partial charge in [-0.25, -0.2) is 0 Å². The Morgan fingerprint density at radius 1 is 1.00 bits per heavy atom. The summed E-state index contributed by atoms with van der Waals surface area (Å²) in [6.07, 6.45) is 0. The van der Waals surface area contributed by atoms with Crippen LogP contribution >= 0.6 is 0 Å². The van der Waals surface area contributed by atoms with Crippen molar-refractivity contribution in [2.75, 3.05) is 39.7 Å². The van der Waals surface area contributed by atoms with Crippen molar-refractivity contribution in [3.05, 3.63) is 65.2 Å². The zero-order chi connectivity index (χ0) is 18.9. The lowest BCUT2D eigenvalue weighted by atomic mass is 10.1. The monoisotopic (exact) mass is 355 g/mol. The fraction of sp³-hybridized carbons (Fsp3) is 0.381. The summed E-state index contributed by atoms with van der Waals surface area (Å²) < 4.78 is 5.14. The van der Waals surface area contributed by atoms with E-state index in [1.54, 1.807) is 7.11 Å². The van der Waals surface area contributed by atoms with Crippen molar-refractivity contribution < 1.29 is 9.53 Å². The lowest BCUT2D eigenvalue weighted by Crippen LogP contribution is -2.34. The Bertz CT molecular complexity index is 716. The SMILES string of the molecule is COCc1cccc(CNC(=O)CN(C)Cc2cccc(N(C)C)c2)c1. The lowest BCUT2D eigenvalue weighted by molar-refractivity contribution is -0.122. The molecule has 1 amide bonds. The van der Waals surface area contributed by atoms with Gasteiger partial charge in [-0.15, -0.1) is 0 Å². The van der Waals surface area contributed by atoms with Crippen LogP contribution in [-0.4, -0.2) is 45.6 Å². The minimum absolute atomic E-state index is 0.0217. The summed E-state index contributed by atoms with van der Waals surface area (Å²) in [5.41, 5.74) is 4.54. The van der Waals surface area contributed by atoms with E-state index in [4.69, 9.17) is 4.74 Å². The average Bonchev–Trinajstić information content (AvgIpc) is 2.60. The van der Waals surface area contributed by atoms with Gasteiger partial charge in [-0.1, -0.05) is 36.4 Å². The predicted molar refractivity (Wildman–Crippen MR) is 106 cm³/mol. The van der Waals surface area contributed by atoms with E-state index in [9.17, 15) is 4.79 Å². The Kier molecular flexibility index (Phi) is 7.63. The van der Waals surface area contributed by atoms with Crippen molar-refractivity contribution in [1.29, 1.82) is 0 Å². The van der Waals surface area contributed by atoms with Crippen molar-refractivity contribution in [3.63, 3.8) is 0 Å². The molecule has 0 atom stereocenters. The maximum Gasteiger partial charge on any atom is 0.234 e. The van der Waals surface area contributed by atoms with E-state index in [2.05, 4.69) is 34.5 Å². The first-order chi connectivity index (χ1) is 12.5. The molecule has 0 radical (unpaired) electrons. The fourth-order valence-corrected chi connectivity index (χ4v) is 2.80. The van der Waals surface area contributed by atoms with Crippen LogP contribution in [0, 0.1) is 0 Å². The highest BCUT2D eigenvalue weighted by molar-refractivity contribution is 5.78. The quantitative estimate of drug-likeness (QED) is 0.751. The van der Waals surface area contributed by atoms with Gasteiger partial charge in [0.05, 0.1) is 13.2 Å². The van der Waals surface area contributed by atoms with Crippen molar-refractivity contribution in [1.82, 2.24) is 10.2 Å².